The third-order valence-corrected chi connectivity index (χ3v) is 6.65. The average molecular weight is 529 g/mol. The van der Waals surface area contributed by atoms with Crippen LogP contribution in [0, 0.1) is 0 Å². The minimum atomic E-state index is 0. The molecule has 30 heavy (non-hydrogen) atoms. The van der Waals surface area contributed by atoms with E-state index in [1.54, 1.807) is 0 Å². The lowest BCUT2D eigenvalue weighted by Gasteiger charge is -2.50. The second-order valence-corrected chi connectivity index (χ2v) is 8.54. The number of piperidine rings is 2. The van der Waals surface area contributed by atoms with Gasteiger partial charge in [-0.05, 0) is 76.6 Å². The van der Waals surface area contributed by atoms with E-state index < -0.39 is 0 Å². The lowest BCUT2D eigenvalue weighted by molar-refractivity contribution is 0.0173. The monoisotopic (exact) mass is 529 g/mol. The van der Waals surface area contributed by atoms with Crippen LogP contribution in [0.4, 0.5) is 0 Å². The molecule has 0 saturated carbocycles. The highest BCUT2D eigenvalue weighted by molar-refractivity contribution is 14.0. The molecule has 0 unspecified atom stereocenters. The number of hydrogen-bond donors (Lipinski definition) is 2. The van der Waals surface area contributed by atoms with Crippen molar-refractivity contribution in [3.05, 3.63) is 23.8 Å². The summed E-state index contributed by atoms with van der Waals surface area (Å²) >= 11 is 0. The fourth-order valence-corrected chi connectivity index (χ4v) is 4.71. The molecule has 3 heterocycles. The predicted octanol–water partition coefficient (Wildman–Crippen LogP) is 2.65. The van der Waals surface area contributed by atoms with Crippen LogP contribution in [0.3, 0.4) is 0 Å². The molecule has 0 aromatic heterocycles. The smallest absolute Gasteiger partial charge is 0.231 e. The van der Waals surface area contributed by atoms with Gasteiger partial charge in [0.05, 0.1) is 0 Å². The van der Waals surface area contributed by atoms with Crippen molar-refractivity contribution in [3.63, 3.8) is 0 Å². The molecule has 0 atom stereocenters. The quantitative estimate of drug-likeness (QED) is 0.348. The van der Waals surface area contributed by atoms with Crippen molar-refractivity contribution in [2.24, 2.45) is 4.99 Å². The standard InChI is InChI=1S/C22H35N5O2.HI/c1-23-21(24-15-18-6-7-19-20(14-18)29-17-28-19)25-16-22(8-12-26(2)13-9-22)27-10-4-3-5-11-27;/h6-7,14H,3-5,8-13,15-17H2,1-2H3,(H2,23,24,25);1H. The molecule has 1 aromatic carbocycles. The molecule has 1 aromatic rings. The molecule has 8 heteroatoms. The van der Waals surface area contributed by atoms with Crippen LogP contribution in [-0.2, 0) is 6.54 Å². The third kappa shape index (κ3) is 5.50. The Bertz CT molecular complexity index is 715. The summed E-state index contributed by atoms with van der Waals surface area (Å²) in [6, 6.07) is 6.08. The van der Waals surface area contributed by atoms with Crippen LogP contribution in [-0.4, -0.2) is 74.9 Å². The largest absolute Gasteiger partial charge is 0.454 e. The Kier molecular flexibility index (Phi) is 8.47. The number of rotatable bonds is 5. The Hall–Kier alpha value is -1.26. The van der Waals surface area contributed by atoms with Gasteiger partial charge in [0, 0.05) is 25.7 Å². The summed E-state index contributed by atoms with van der Waals surface area (Å²) in [5.41, 5.74) is 1.39. The van der Waals surface area contributed by atoms with Crippen LogP contribution in [0.15, 0.2) is 23.2 Å². The number of nitrogens with one attached hydrogen (secondary N) is 2. The van der Waals surface area contributed by atoms with Crippen LogP contribution >= 0.6 is 24.0 Å². The number of likely N-dealkylation sites (tertiary alicyclic amines) is 2. The molecule has 0 aliphatic carbocycles. The maximum atomic E-state index is 5.48. The molecule has 2 N–H and O–H groups in total. The number of fused-ring (bicyclic) bond motifs is 1. The van der Waals surface area contributed by atoms with Crippen molar-refractivity contribution in [1.29, 1.82) is 0 Å². The first-order valence-corrected chi connectivity index (χ1v) is 11.0. The predicted molar refractivity (Wildman–Crippen MR) is 131 cm³/mol. The van der Waals surface area contributed by atoms with Crippen molar-refractivity contribution in [3.8, 4) is 11.5 Å². The van der Waals surface area contributed by atoms with E-state index in [0.717, 1.165) is 29.6 Å². The summed E-state index contributed by atoms with van der Waals surface area (Å²) in [5.74, 6) is 2.50. The molecule has 168 valence electrons. The first kappa shape index (κ1) is 23.4. The number of guanidine groups is 1. The van der Waals surface area contributed by atoms with E-state index in [-0.39, 0.29) is 29.5 Å². The summed E-state index contributed by atoms with van der Waals surface area (Å²) in [4.78, 5) is 9.67. The van der Waals surface area contributed by atoms with Crippen molar-refractivity contribution in [2.45, 2.75) is 44.2 Å². The topological polar surface area (TPSA) is 61.4 Å². The van der Waals surface area contributed by atoms with Crippen LogP contribution in [0.25, 0.3) is 0 Å². The Labute approximate surface area is 197 Å². The van der Waals surface area contributed by atoms with Gasteiger partial charge in [0.1, 0.15) is 0 Å². The minimum absolute atomic E-state index is 0. The van der Waals surface area contributed by atoms with E-state index in [1.165, 1.54) is 58.3 Å². The highest BCUT2D eigenvalue weighted by atomic mass is 127. The van der Waals surface area contributed by atoms with Crippen LogP contribution in [0.1, 0.15) is 37.7 Å². The van der Waals surface area contributed by atoms with E-state index in [2.05, 4.69) is 38.5 Å². The highest BCUT2D eigenvalue weighted by Gasteiger charge is 2.39. The second-order valence-electron chi connectivity index (χ2n) is 8.54. The first-order valence-electron chi connectivity index (χ1n) is 11.0. The average Bonchev–Trinajstić information content (AvgIpc) is 3.24. The van der Waals surface area contributed by atoms with Gasteiger partial charge in [0.2, 0.25) is 6.79 Å². The van der Waals surface area contributed by atoms with E-state index in [4.69, 9.17) is 9.47 Å². The Morgan fingerprint density at radius 1 is 1.03 bits per heavy atom. The second kappa shape index (κ2) is 10.9. The lowest BCUT2D eigenvalue weighted by atomic mass is 9.84. The minimum Gasteiger partial charge on any atom is -0.454 e. The van der Waals surface area contributed by atoms with Crippen LogP contribution in [0.5, 0.6) is 11.5 Å². The lowest BCUT2D eigenvalue weighted by Crippen LogP contribution is -2.62. The summed E-state index contributed by atoms with van der Waals surface area (Å²) in [7, 11) is 4.08. The molecule has 0 radical (unpaired) electrons. The van der Waals surface area contributed by atoms with Crippen molar-refractivity contribution in [1.82, 2.24) is 20.4 Å². The number of halogens is 1. The molecule has 4 rings (SSSR count). The van der Waals surface area contributed by atoms with Gasteiger partial charge in [-0.2, -0.15) is 0 Å². The first-order chi connectivity index (χ1) is 14.2. The van der Waals surface area contributed by atoms with E-state index in [0.29, 0.717) is 13.3 Å². The van der Waals surface area contributed by atoms with E-state index >= 15 is 0 Å². The maximum Gasteiger partial charge on any atom is 0.231 e. The number of ether oxygens (including phenoxy) is 2. The molecule has 0 bridgehead atoms. The van der Waals surface area contributed by atoms with E-state index in [9.17, 15) is 0 Å². The summed E-state index contributed by atoms with van der Waals surface area (Å²) in [6.07, 6.45) is 6.47. The summed E-state index contributed by atoms with van der Waals surface area (Å²) < 4.78 is 10.9. The Morgan fingerprint density at radius 2 is 1.77 bits per heavy atom. The normalized spacial score (nSPS) is 21.7. The van der Waals surface area contributed by atoms with Gasteiger partial charge >= 0.3 is 0 Å². The summed E-state index contributed by atoms with van der Waals surface area (Å²) in [5, 5.41) is 7.10. The van der Waals surface area contributed by atoms with Gasteiger partial charge in [0.25, 0.3) is 0 Å². The van der Waals surface area contributed by atoms with Crippen molar-refractivity contribution >= 4 is 29.9 Å². The molecule has 2 saturated heterocycles. The maximum absolute atomic E-state index is 5.48. The molecule has 7 nitrogen and oxygen atoms in total. The van der Waals surface area contributed by atoms with Crippen LogP contribution in [0.2, 0.25) is 0 Å². The zero-order valence-electron chi connectivity index (χ0n) is 18.3. The highest BCUT2D eigenvalue weighted by Crippen LogP contribution is 2.33. The van der Waals surface area contributed by atoms with Gasteiger partial charge in [-0.3, -0.25) is 9.89 Å². The fraction of sp³-hybridized carbons (Fsp3) is 0.682. The number of aliphatic imine (C=N–C) groups is 1. The van der Waals surface area contributed by atoms with Gasteiger partial charge in [-0.15, -0.1) is 24.0 Å². The van der Waals surface area contributed by atoms with Crippen molar-refractivity contribution < 1.29 is 9.47 Å². The third-order valence-electron chi connectivity index (χ3n) is 6.65. The Morgan fingerprint density at radius 3 is 2.50 bits per heavy atom. The summed E-state index contributed by atoms with van der Waals surface area (Å²) in [6.45, 7) is 6.76. The zero-order chi connectivity index (χ0) is 20.1. The number of hydrogen-bond acceptors (Lipinski definition) is 5. The number of nitrogens with zero attached hydrogens (tertiary/aromatic N) is 3. The van der Waals surface area contributed by atoms with Gasteiger partial charge < -0.3 is 25.0 Å². The molecular weight excluding hydrogens is 493 g/mol. The molecule has 0 spiro atoms. The zero-order valence-corrected chi connectivity index (χ0v) is 20.6. The molecule has 3 aliphatic rings. The van der Waals surface area contributed by atoms with Gasteiger partial charge in [-0.1, -0.05) is 12.5 Å². The van der Waals surface area contributed by atoms with Crippen LogP contribution < -0.4 is 20.1 Å². The van der Waals surface area contributed by atoms with Gasteiger partial charge in [0.15, 0.2) is 17.5 Å². The SMILES string of the molecule is CN=C(NCc1ccc2c(c1)OCO2)NCC1(N2CCCCC2)CCN(C)CC1.I. The van der Waals surface area contributed by atoms with E-state index in [1.807, 2.05) is 19.2 Å². The molecule has 0 amide bonds. The Balaban J connectivity index is 0.00000256. The number of benzene rings is 1. The molecule has 3 aliphatic heterocycles. The fourth-order valence-electron chi connectivity index (χ4n) is 4.71. The van der Waals surface area contributed by atoms with Crippen molar-refractivity contribution in [2.75, 3.05) is 53.6 Å². The molecule has 2 fully saturated rings. The molecular formula is C22H36IN5O2. The van der Waals surface area contributed by atoms with Gasteiger partial charge in [-0.25, -0.2) is 0 Å².